The molecule has 3 aromatic carbocycles. The first kappa shape index (κ1) is 24.1. The fourth-order valence-electron chi connectivity index (χ4n) is 4.15. The summed E-state index contributed by atoms with van der Waals surface area (Å²) in [7, 11) is 1.70. The van der Waals surface area contributed by atoms with Crippen molar-refractivity contribution in [1.29, 1.82) is 0 Å². The average molecular weight is 593 g/mol. The van der Waals surface area contributed by atoms with Crippen LogP contribution in [0.4, 0.5) is 0 Å². The van der Waals surface area contributed by atoms with Crippen molar-refractivity contribution in [3.63, 3.8) is 0 Å². The number of halogens is 1. The van der Waals surface area contributed by atoms with E-state index in [-0.39, 0.29) is 20.7 Å². The zero-order valence-corrected chi connectivity index (χ0v) is 22.8. The second-order valence-corrected chi connectivity index (χ2v) is 13.1. The van der Waals surface area contributed by atoms with E-state index in [0.717, 1.165) is 47.5 Å². The van der Waals surface area contributed by atoms with Gasteiger partial charge in [-0.3, -0.25) is 0 Å². The molecule has 3 nitrogen and oxygen atoms in total. The number of aromatic nitrogens is 1. The highest BCUT2D eigenvalue weighted by Crippen LogP contribution is 2.30. The molecule has 0 radical (unpaired) electrons. The first-order valence-electron chi connectivity index (χ1n) is 12.0. The maximum absolute atomic E-state index is 5.33. The number of aromatic amines is 1. The van der Waals surface area contributed by atoms with Gasteiger partial charge in [0.1, 0.15) is 14.2 Å². The number of benzene rings is 3. The lowest BCUT2D eigenvalue weighted by Gasteiger charge is -2.08. The summed E-state index contributed by atoms with van der Waals surface area (Å²) < 4.78 is 8.26. The van der Waals surface area contributed by atoms with Gasteiger partial charge in [0, 0.05) is 16.7 Å². The molecule has 0 bridgehead atoms. The number of nitrogens with one attached hydrogen (secondary N) is 1. The number of hydrogen-bond acceptors (Lipinski definition) is 3. The second kappa shape index (κ2) is 11.9. The summed E-state index contributed by atoms with van der Waals surface area (Å²) >= 11 is 1.69. The topological polar surface area (TPSA) is 37.4 Å². The number of H-pyrrole nitrogens is 1. The van der Waals surface area contributed by atoms with E-state index < -0.39 is 0 Å². The molecule has 0 atom stereocenters. The molecule has 178 valence electrons. The van der Waals surface area contributed by atoms with Gasteiger partial charge < -0.3 is 9.72 Å². The lowest BCUT2D eigenvalue weighted by Crippen LogP contribution is -2.27. The number of hydrogen-bond donors (Lipinski definition) is 1. The number of methoxy groups -OCH3 is 1. The average Bonchev–Trinajstić information content (AvgIpc) is 3.34. The highest BCUT2D eigenvalue weighted by atomic mass is 127. The molecule has 4 aromatic rings. The predicted octanol–water partition coefficient (Wildman–Crippen LogP) is 6.49. The summed E-state index contributed by atoms with van der Waals surface area (Å²) in [6.45, 7) is 0. The molecule has 0 spiro atoms. The first-order valence-corrected chi connectivity index (χ1v) is 15.1. The van der Waals surface area contributed by atoms with Crippen molar-refractivity contribution in [1.82, 2.24) is 4.98 Å². The Balaban J connectivity index is 1.38. The van der Waals surface area contributed by atoms with Gasteiger partial charge in [-0.15, -0.1) is 0 Å². The fourth-order valence-corrected chi connectivity index (χ4v) is 8.89. The quantitative estimate of drug-likeness (QED) is 0.214. The zero-order valence-electron chi connectivity index (χ0n) is 19.8. The normalized spacial score (nSPS) is 12.8. The third-order valence-corrected chi connectivity index (χ3v) is 10.7. The smallest absolute Gasteiger partial charge is 0.140 e. The van der Waals surface area contributed by atoms with Gasteiger partial charge in [0.15, 0.2) is 0 Å². The summed E-state index contributed by atoms with van der Waals surface area (Å²) in [5, 5.41) is 1.32. The molecule has 1 aromatic heterocycles. The van der Waals surface area contributed by atoms with E-state index in [1.165, 1.54) is 25.7 Å². The maximum atomic E-state index is 5.33. The number of rotatable bonds is 10. The van der Waals surface area contributed by atoms with Crippen molar-refractivity contribution >= 4 is 39.0 Å². The molecule has 0 saturated carbocycles. The SMILES string of the molecule is COc1ccc(-c2cc3c([nH]2)=NC(SCCc2ccccc2)=IC=3CCCc2ccccc2)cc1. The van der Waals surface area contributed by atoms with Crippen LogP contribution in [-0.2, 0) is 12.8 Å². The van der Waals surface area contributed by atoms with Crippen LogP contribution >= 0.6 is 32.5 Å². The van der Waals surface area contributed by atoms with Gasteiger partial charge in [0.05, 0.1) is 7.11 Å². The Bertz CT molecular complexity index is 1410. The minimum atomic E-state index is -0.246. The van der Waals surface area contributed by atoms with Crippen molar-refractivity contribution in [2.24, 2.45) is 4.99 Å². The Kier molecular flexibility index (Phi) is 8.16. The van der Waals surface area contributed by atoms with E-state index in [1.54, 1.807) is 10.7 Å². The Labute approximate surface area is 221 Å². The number of thioether (sulfide) groups is 1. The van der Waals surface area contributed by atoms with Crippen molar-refractivity contribution in [3.05, 3.63) is 113 Å². The molecule has 1 aliphatic rings. The van der Waals surface area contributed by atoms with E-state index in [4.69, 9.17) is 9.73 Å². The van der Waals surface area contributed by atoms with Crippen molar-refractivity contribution < 1.29 is 4.74 Å². The van der Waals surface area contributed by atoms with E-state index in [9.17, 15) is 0 Å². The number of fused-ring (bicyclic) bond motifs is 1. The molecule has 1 aliphatic heterocycles. The van der Waals surface area contributed by atoms with Crippen LogP contribution in [0.25, 0.3) is 14.8 Å². The van der Waals surface area contributed by atoms with Crippen LogP contribution < -0.4 is 15.4 Å². The lowest BCUT2D eigenvalue weighted by atomic mass is 10.1. The second-order valence-electron chi connectivity index (χ2n) is 8.46. The Morgan fingerprint density at radius 3 is 2.20 bits per heavy atom. The van der Waals surface area contributed by atoms with Crippen LogP contribution in [0, 0.1) is 0 Å². The standard InChI is InChI=1S/C30H29IN2OS/c1-34-25-17-15-24(16-18-25)28-21-26-27(14-8-13-22-9-4-2-5-10-22)31-30(33-29(26)32-28)35-20-19-23-11-6-3-7-12-23/h2-7,9-12,15-18,21H,8,13-14,19-20H2,1H3,(H,32,33). The molecule has 0 aliphatic carbocycles. The summed E-state index contributed by atoms with van der Waals surface area (Å²) in [6, 6.07) is 32.1. The molecule has 1 N–H and O–H groups in total. The highest BCUT2D eigenvalue weighted by Gasteiger charge is 2.12. The third-order valence-electron chi connectivity index (χ3n) is 6.04. The molecule has 0 unspecified atom stereocenters. The van der Waals surface area contributed by atoms with Crippen LogP contribution in [0.2, 0.25) is 0 Å². The van der Waals surface area contributed by atoms with E-state index in [1.807, 2.05) is 23.9 Å². The van der Waals surface area contributed by atoms with Gasteiger partial charge in [0.2, 0.25) is 0 Å². The summed E-state index contributed by atoms with van der Waals surface area (Å²) in [6.07, 6.45) is 4.50. The van der Waals surface area contributed by atoms with Gasteiger partial charge in [0.25, 0.3) is 0 Å². The van der Waals surface area contributed by atoms with Crippen LogP contribution in [0.5, 0.6) is 5.75 Å². The minimum Gasteiger partial charge on any atom is -0.497 e. The van der Waals surface area contributed by atoms with Crippen molar-refractivity contribution in [3.8, 4) is 17.0 Å². The summed E-state index contributed by atoms with van der Waals surface area (Å²) in [5.74, 6) is 1.94. The van der Waals surface area contributed by atoms with Crippen LogP contribution in [-0.4, -0.2) is 20.8 Å². The van der Waals surface area contributed by atoms with Crippen LogP contribution in [0.3, 0.4) is 0 Å². The Morgan fingerprint density at radius 1 is 0.829 bits per heavy atom. The van der Waals surface area contributed by atoms with Gasteiger partial charge in [-0.25, -0.2) is 4.99 Å². The molecular weight excluding hydrogens is 563 g/mol. The van der Waals surface area contributed by atoms with Crippen LogP contribution in [0.15, 0.2) is 96.0 Å². The van der Waals surface area contributed by atoms with Gasteiger partial charge in [-0.05, 0) is 76.3 Å². The number of aryl methyl sites for hydroxylation is 2. The largest absolute Gasteiger partial charge is 0.497 e. The fraction of sp³-hybridized carbons (Fsp3) is 0.200. The monoisotopic (exact) mass is 592 g/mol. The molecule has 5 rings (SSSR count). The summed E-state index contributed by atoms with van der Waals surface area (Å²) in [5.41, 5.74) is 6.13. The molecule has 0 amide bonds. The molecule has 0 fully saturated rings. The van der Waals surface area contributed by atoms with E-state index >= 15 is 0 Å². The van der Waals surface area contributed by atoms with Crippen LogP contribution in [0.1, 0.15) is 24.0 Å². The van der Waals surface area contributed by atoms with E-state index in [0.29, 0.717) is 0 Å². The molecule has 5 heteroatoms. The third kappa shape index (κ3) is 6.33. The first-order chi connectivity index (χ1) is 17.3. The Morgan fingerprint density at radius 2 is 1.51 bits per heavy atom. The number of nitrogens with zero attached hydrogens (tertiary/aromatic N) is 1. The minimum absolute atomic E-state index is 0.246. The maximum Gasteiger partial charge on any atom is 0.140 e. The van der Waals surface area contributed by atoms with Gasteiger partial charge >= 0.3 is 0 Å². The number of ether oxygens (including phenoxy) is 1. The summed E-state index contributed by atoms with van der Waals surface area (Å²) in [4.78, 5) is 8.72. The predicted molar refractivity (Wildman–Crippen MR) is 158 cm³/mol. The lowest BCUT2D eigenvalue weighted by molar-refractivity contribution is 0.415. The molecular formula is C30H29IN2OS. The molecule has 2 heterocycles. The van der Waals surface area contributed by atoms with Crippen molar-refractivity contribution in [2.45, 2.75) is 25.7 Å². The van der Waals surface area contributed by atoms with Crippen molar-refractivity contribution in [2.75, 3.05) is 12.9 Å². The highest BCUT2D eigenvalue weighted by molar-refractivity contribution is 14.2. The van der Waals surface area contributed by atoms with Gasteiger partial charge in [-0.1, -0.05) is 93.2 Å². The molecule has 0 saturated heterocycles. The van der Waals surface area contributed by atoms with E-state index in [2.05, 4.69) is 83.8 Å². The zero-order chi connectivity index (χ0) is 23.9. The van der Waals surface area contributed by atoms with Gasteiger partial charge in [-0.2, -0.15) is 0 Å². The Hall–Kier alpha value is -2.64. The molecule has 35 heavy (non-hydrogen) atoms.